The van der Waals surface area contributed by atoms with Crippen molar-refractivity contribution in [3.8, 4) is 0 Å². The summed E-state index contributed by atoms with van der Waals surface area (Å²) in [7, 11) is 0. The van der Waals surface area contributed by atoms with E-state index in [2.05, 4.69) is 17.2 Å². The molecule has 1 rings (SSSR count). The third-order valence-electron chi connectivity index (χ3n) is 0.827. The molecule has 0 unspecified atom stereocenters. The molecule has 0 amide bonds. The van der Waals surface area contributed by atoms with Crippen molar-refractivity contribution >= 4 is 0 Å². The monoisotopic (exact) mass is 114 g/mol. The van der Waals surface area contributed by atoms with Crippen molar-refractivity contribution in [1.29, 1.82) is 0 Å². The molecule has 9 heavy (non-hydrogen) atoms. The van der Waals surface area contributed by atoms with Gasteiger partial charge in [0, 0.05) is 0 Å². The van der Waals surface area contributed by atoms with Crippen LogP contribution in [0.2, 0.25) is 0 Å². The summed E-state index contributed by atoms with van der Waals surface area (Å²) in [6, 6.07) is 0. The highest BCUT2D eigenvalue weighted by Crippen LogP contribution is 1.78. The molecule has 0 heterocycles. The average molecular weight is 114 g/mol. The maximum Gasteiger partial charge on any atom is -0.0122 e. The lowest BCUT2D eigenvalue weighted by molar-refractivity contribution is 1.99. The maximum absolute atomic E-state index is 2.90. The first-order valence-electron chi connectivity index (χ1n) is 2.73. The molecule has 0 nitrogen and oxygen atoms in total. The minimum Gasteiger partial charge on any atom is -0.120 e. The Morgan fingerprint density at radius 2 is 0.667 bits per heavy atom. The van der Waals surface area contributed by atoms with Gasteiger partial charge in [0.15, 0.2) is 0 Å². The third kappa shape index (κ3) is 2.39. The lowest BCUT2D eigenvalue weighted by Crippen LogP contribution is -1.37. The summed E-state index contributed by atoms with van der Waals surface area (Å²) in [4.78, 5) is 0. The van der Waals surface area contributed by atoms with E-state index in [1.807, 2.05) is 0 Å². The fraction of sp³-hybridized carbons (Fsp3) is 0. The van der Waals surface area contributed by atoms with E-state index in [-0.39, 0.29) is 0 Å². The lowest BCUT2D eigenvalue weighted by Gasteiger charge is -1.57. The highest BCUT2D eigenvalue weighted by atomic mass is 13.6. The van der Waals surface area contributed by atoms with Gasteiger partial charge in [0.25, 0.3) is 0 Å². The summed E-state index contributed by atoms with van der Waals surface area (Å²) in [6.45, 7) is 0. The highest BCUT2D eigenvalue weighted by Gasteiger charge is 1.58. The number of hydrogen-bond acceptors (Lipinski definition) is 0. The number of hydrogen-bond donors (Lipinski definition) is 0. The summed E-state index contributed by atoms with van der Waals surface area (Å²) in [6.07, 6.45) is 10.8. The van der Waals surface area contributed by atoms with Crippen LogP contribution in [0.3, 0.4) is 0 Å². The molecule has 0 aromatic rings. The van der Waals surface area contributed by atoms with E-state index < -0.39 is 0 Å². The van der Waals surface area contributed by atoms with E-state index in [1.165, 1.54) is 0 Å². The van der Waals surface area contributed by atoms with E-state index in [0.29, 0.717) is 0 Å². The van der Waals surface area contributed by atoms with Crippen LogP contribution >= 0.6 is 0 Å². The summed E-state index contributed by atoms with van der Waals surface area (Å²) >= 11 is 0. The van der Waals surface area contributed by atoms with E-state index in [9.17, 15) is 0 Å². The normalized spacial score (nSPS) is 13.3. The number of allylic oxidation sites excluding steroid dienone is 3. The third-order valence-corrected chi connectivity index (χ3v) is 0.827. The van der Waals surface area contributed by atoms with Gasteiger partial charge in [-0.05, 0) is 36.5 Å². The Morgan fingerprint density at radius 1 is 0.444 bits per heavy atom. The fourth-order valence-corrected chi connectivity index (χ4v) is 0.455. The summed E-state index contributed by atoms with van der Waals surface area (Å²) in [5, 5.41) is 0. The van der Waals surface area contributed by atoms with Gasteiger partial charge in [-0.1, -0.05) is 0 Å². The SMILES string of the molecule is C1=CC=C=CC=C=CC=1. The van der Waals surface area contributed by atoms with Gasteiger partial charge in [0.2, 0.25) is 0 Å². The van der Waals surface area contributed by atoms with Crippen molar-refractivity contribution in [1.82, 2.24) is 0 Å². The van der Waals surface area contributed by atoms with Crippen molar-refractivity contribution in [2.45, 2.75) is 0 Å². The van der Waals surface area contributed by atoms with Crippen LogP contribution in [0.1, 0.15) is 0 Å². The molecule has 0 radical (unpaired) electrons. The molecule has 1 aliphatic rings. The first-order valence-corrected chi connectivity index (χ1v) is 2.73. The molecule has 0 saturated heterocycles. The number of rotatable bonds is 0. The molecular weight excluding hydrogens is 108 g/mol. The minimum atomic E-state index is 1.80. The molecule has 0 fully saturated rings. The van der Waals surface area contributed by atoms with Crippen LogP contribution in [-0.2, 0) is 0 Å². The molecule has 0 atom stereocenters. The zero-order valence-electron chi connectivity index (χ0n) is 4.96. The molecule has 0 aromatic heterocycles. The van der Waals surface area contributed by atoms with Crippen molar-refractivity contribution < 1.29 is 0 Å². The molecule has 0 heteroatoms. The van der Waals surface area contributed by atoms with Crippen molar-refractivity contribution in [2.75, 3.05) is 0 Å². The fourth-order valence-electron chi connectivity index (χ4n) is 0.455. The van der Waals surface area contributed by atoms with E-state index in [0.717, 1.165) is 0 Å². The van der Waals surface area contributed by atoms with E-state index in [1.54, 1.807) is 36.5 Å². The second-order valence-electron chi connectivity index (χ2n) is 1.50. The van der Waals surface area contributed by atoms with Gasteiger partial charge in [0.05, 0.1) is 0 Å². The standard InChI is InChI=1S/C9H6/c1-2-4-6-8-9-7-5-3-1/h1-2,5-8H. The van der Waals surface area contributed by atoms with Crippen molar-refractivity contribution in [2.24, 2.45) is 0 Å². The van der Waals surface area contributed by atoms with E-state index in [4.69, 9.17) is 0 Å². The Hall–Kier alpha value is -1.44. The Morgan fingerprint density at radius 3 is 0.889 bits per heavy atom. The zero-order valence-corrected chi connectivity index (χ0v) is 4.96. The van der Waals surface area contributed by atoms with Gasteiger partial charge in [-0.15, -0.1) is 17.2 Å². The lowest BCUT2D eigenvalue weighted by atomic mass is 10.5. The average Bonchev–Trinajstić information content (AvgIpc) is 2.00. The van der Waals surface area contributed by atoms with Crippen LogP contribution < -0.4 is 0 Å². The summed E-state index contributed by atoms with van der Waals surface area (Å²) in [5.74, 6) is 0. The van der Waals surface area contributed by atoms with Crippen LogP contribution in [0.5, 0.6) is 0 Å². The minimum absolute atomic E-state index is 1.80. The second-order valence-corrected chi connectivity index (χ2v) is 1.50. The van der Waals surface area contributed by atoms with Gasteiger partial charge in [0.1, 0.15) is 0 Å². The molecule has 0 saturated carbocycles. The van der Waals surface area contributed by atoms with Gasteiger partial charge in [-0.2, -0.15) is 0 Å². The predicted molar refractivity (Wildman–Crippen MR) is 38.0 cm³/mol. The smallest absolute Gasteiger partial charge is 0.0122 e. The van der Waals surface area contributed by atoms with Crippen LogP contribution in [0.15, 0.2) is 53.6 Å². The van der Waals surface area contributed by atoms with Gasteiger partial charge < -0.3 is 0 Å². The molecule has 0 N–H and O–H groups in total. The topological polar surface area (TPSA) is 0 Å². The molecular formula is C9H6. The van der Waals surface area contributed by atoms with Crippen molar-refractivity contribution in [3.63, 3.8) is 0 Å². The summed E-state index contributed by atoms with van der Waals surface area (Å²) in [5.41, 5.74) is 8.70. The van der Waals surface area contributed by atoms with E-state index >= 15 is 0 Å². The van der Waals surface area contributed by atoms with Crippen LogP contribution in [-0.4, -0.2) is 0 Å². The molecule has 0 spiro atoms. The highest BCUT2D eigenvalue weighted by molar-refractivity contribution is 5.14. The zero-order chi connectivity index (χ0) is 6.36. The Bertz CT molecular complexity index is 193. The Balaban J connectivity index is 3.04. The van der Waals surface area contributed by atoms with Gasteiger partial charge in [-0.3, -0.25) is 0 Å². The summed E-state index contributed by atoms with van der Waals surface area (Å²) < 4.78 is 0. The molecule has 0 bridgehead atoms. The van der Waals surface area contributed by atoms with Gasteiger partial charge in [-0.25, -0.2) is 0 Å². The second kappa shape index (κ2) is 3.55. The maximum atomic E-state index is 2.90. The first kappa shape index (κ1) is 5.69. The molecule has 0 aromatic carbocycles. The quantitative estimate of drug-likeness (QED) is 0.423. The van der Waals surface area contributed by atoms with Crippen LogP contribution in [0, 0.1) is 0 Å². The molecule has 1 aliphatic carbocycles. The molecule has 0 aliphatic heterocycles. The van der Waals surface area contributed by atoms with Crippen molar-refractivity contribution in [3.05, 3.63) is 53.6 Å². The van der Waals surface area contributed by atoms with Crippen LogP contribution in [0.4, 0.5) is 0 Å². The Kier molecular flexibility index (Phi) is 2.24. The molecule has 42 valence electrons. The Labute approximate surface area is 54.5 Å². The van der Waals surface area contributed by atoms with Crippen LogP contribution in [0.25, 0.3) is 0 Å². The predicted octanol–water partition coefficient (Wildman–Crippen LogP) is 2.13. The first-order chi connectivity index (χ1) is 4.50. The largest absolute Gasteiger partial charge is 0.120 e. The van der Waals surface area contributed by atoms with Gasteiger partial charge >= 0.3 is 0 Å².